The molecule has 0 saturated carbocycles. The van der Waals surface area contributed by atoms with Gasteiger partial charge in [-0.05, 0) is 95.3 Å². The van der Waals surface area contributed by atoms with Crippen molar-refractivity contribution < 1.29 is 67.0 Å². The van der Waals surface area contributed by atoms with Gasteiger partial charge >= 0.3 is 5.97 Å². The fraction of sp³-hybridized carbons (Fsp3) is 0.785. The molecule has 25 heteroatoms. The molecule has 1 heterocycles. The van der Waals surface area contributed by atoms with Crippen LogP contribution in [0.2, 0.25) is 0 Å². The molecule has 1 aliphatic rings. The SMILES string of the molecule is C/C=C/C[C@@H](C)[C@@H](OC(C)=O)[C@H]1C(=O)N[C@@H](CC)C(=O)N(C)[C@H](C)C(=O)N(C)[C@@H]([C@H](C)COC)C(=O)N[C@@H](C(C)C)C(=O)N(C)[C@@H](CC(C)C)C(=O)N[C@@H](C)C(=O)N[C@H](C)C(=O)N(C)[C@@H](CC(C)C)C(=O)N(C)[C@@H](CC(C)C)C(=O)N(C)[C@@H](C(C)C)C(=O)N1C. The minimum absolute atomic E-state index is 0.0202. The van der Waals surface area contributed by atoms with Crippen molar-refractivity contribution in [3.05, 3.63) is 12.2 Å². The zero-order valence-corrected chi connectivity index (χ0v) is 59.2. The van der Waals surface area contributed by atoms with Crippen LogP contribution in [0.3, 0.4) is 0 Å². The van der Waals surface area contributed by atoms with Crippen molar-refractivity contribution in [3.63, 3.8) is 0 Å². The van der Waals surface area contributed by atoms with Crippen LogP contribution in [0.1, 0.15) is 157 Å². The van der Waals surface area contributed by atoms with Crippen LogP contribution >= 0.6 is 0 Å². The number of amides is 11. The number of nitrogens with one attached hydrogen (secondary N) is 4. The number of rotatable bonds is 17. The summed E-state index contributed by atoms with van der Waals surface area (Å²) < 4.78 is 11.4. The molecule has 1 rings (SSSR count). The number of hydrogen-bond donors (Lipinski definition) is 4. The number of carbonyl (C=O) groups is 12. The second-order valence-electron chi connectivity index (χ2n) is 26.8. The largest absolute Gasteiger partial charge is 0.459 e. The number of methoxy groups -OCH3 is 1. The van der Waals surface area contributed by atoms with Crippen molar-refractivity contribution in [2.75, 3.05) is 63.1 Å². The summed E-state index contributed by atoms with van der Waals surface area (Å²) in [6, 6.07) is -14.1. The monoisotopic (exact) mass is 1270 g/mol. The lowest BCUT2D eigenvalue weighted by Gasteiger charge is -2.42. The van der Waals surface area contributed by atoms with Gasteiger partial charge in [0.05, 0.1) is 6.61 Å². The molecule has 0 unspecified atom stereocenters. The van der Waals surface area contributed by atoms with E-state index in [0.717, 1.165) is 9.80 Å². The Morgan fingerprint density at radius 2 is 0.933 bits per heavy atom. The van der Waals surface area contributed by atoms with Gasteiger partial charge in [0, 0.05) is 69.3 Å². The molecule has 0 aliphatic carbocycles. The maximum absolute atomic E-state index is 15.4. The van der Waals surface area contributed by atoms with E-state index in [9.17, 15) is 38.4 Å². The van der Waals surface area contributed by atoms with Gasteiger partial charge in [0.25, 0.3) is 0 Å². The molecule has 14 atom stereocenters. The molecular weight excluding hydrogens is 1160 g/mol. The molecule has 4 N–H and O–H groups in total. The molecule has 0 aromatic carbocycles. The summed E-state index contributed by atoms with van der Waals surface area (Å²) in [5.41, 5.74) is 0. The Morgan fingerprint density at radius 3 is 1.39 bits per heavy atom. The van der Waals surface area contributed by atoms with Crippen LogP contribution in [0.25, 0.3) is 0 Å². The number of hydrogen-bond acceptors (Lipinski definition) is 14. The zero-order chi connectivity index (χ0) is 69.8. The molecule has 0 aromatic heterocycles. The average molecular weight is 1270 g/mol. The first-order valence-corrected chi connectivity index (χ1v) is 31.9. The molecule has 1 saturated heterocycles. The van der Waals surface area contributed by atoms with Gasteiger partial charge in [-0.1, -0.05) is 102 Å². The number of esters is 1. The number of allylic oxidation sites excluding steroid dienone is 2. The van der Waals surface area contributed by atoms with Crippen LogP contribution in [0, 0.1) is 41.4 Å². The van der Waals surface area contributed by atoms with E-state index in [4.69, 9.17) is 9.47 Å². The highest BCUT2D eigenvalue weighted by molar-refractivity contribution is 6.00. The second kappa shape index (κ2) is 37.0. The summed E-state index contributed by atoms with van der Waals surface area (Å²) in [7, 11) is 11.3. The Hall–Kier alpha value is -6.66. The predicted octanol–water partition coefficient (Wildman–Crippen LogP) is 3.46. The Bertz CT molecular complexity index is 2510. The highest BCUT2D eigenvalue weighted by atomic mass is 16.5. The van der Waals surface area contributed by atoms with Gasteiger partial charge < -0.3 is 65.0 Å². The van der Waals surface area contributed by atoms with Crippen LogP contribution in [0.5, 0.6) is 0 Å². The minimum Gasteiger partial charge on any atom is -0.459 e. The van der Waals surface area contributed by atoms with Crippen LogP contribution in [0.4, 0.5) is 0 Å². The van der Waals surface area contributed by atoms with Crippen molar-refractivity contribution in [1.82, 2.24) is 55.6 Å². The van der Waals surface area contributed by atoms with E-state index in [2.05, 4.69) is 21.3 Å². The first-order chi connectivity index (χ1) is 41.6. The van der Waals surface area contributed by atoms with Crippen LogP contribution in [-0.4, -0.2) is 241 Å². The van der Waals surface area contributed by atoms with Crippen LogP contribution in [-0.2, 0) is 67.0 Å². The van der Waals surface area contributed by atoms with Crippen molar-refractivity contribution in [2.45, 2.75) is 229 Å². The first kappa shape index (κ1) is 81.4. The second-order valence-corrected chi connectivity index (χ2v) is 26.8. The standard InChI is InChI=1S/C65H115N11O14/c1-27-29-30-40(13)54(90-45(18)77)53-58(81)68-46(28-2)61(84)70(19)44(17)60(83)75(24)52(41(14)34-89-26)57(80)69-50(38(9)10)64(87)71(20)47(31-35(3)4)56(79)66-42(15)55(78)67-43(16)59(82)72(21)48(32-36(5)6)62(85)73(22)49(33-37(7)8)63(86)74(23)51(39(11)12)65(88)76(53)25/h27,29,35-44,46-54H,28,30-34H2,1-26H3,(H,66,79)(H,67,78)(H,68,81)(H,69,80)/b29-27+/t40-,41-,42+,43-,44-,46+,47+,48+,49+,50+,51+,52+,53+,54-/m1/s1. The van der Waals surface area contributed by atoms with E-state index >= 15 is 19.2 Å². The van der Waals surface area contributed by atoms with E-state index in [0.29, 0.717) is 0 Å². The molecule has 0 radical (unpaired) electrons. The summed E-state index contributed by atoms with van der Waals surface area (Å²) in [5.74, 6) is -11.6. The molecule has 0 aromatic rings. The average Bonchev–Trinajstić information content (AvgIpc) is 2.72. The summed E-state index contributed by atoms with van der Waals surface area (Å²) in [6.45, 7) is 30.3. The molecule has 25 nitrogen and oxygen atoms in total. The Morgan fingerprint density at radius 1 is 0.489 bits per heavy atom. The molecule has 0 bridgehead atoms. The Balaban J connectivity index is 4.52. The summed E-state index contributed by atoms with van der Waals surface area (Å²) in [4.78, 5) is 184. The fourth-order valence-corrected chi connectivity index (χ4v) is 11.5. The summed E-state index contributed by atoms with van der Waals surface area (Å²) in [6.07, 6.45) is 2.92. The molecule has 1 aliphatic heterocycles. The smallest absolute Gasteiger partial charge is 0.303 e. The van der Waals surface area contributed by atoms with Gasteiger partial charge in [0.15, 0.2) is 0 Å². The maximum atomic E-state index is 15.4. The third-order valence-corrected chi connectivity index (χ3v) is 17.0. The molecule has 1 fully saturated rings. The van der Waals surface area contributed by atoms with Crippen molar-refractivity contribution in [1.29, 1.82) is 0 Å². The van der Waals surface area contributed by atoms with Gasteiger partial charge in [-0.3, -0.25) is 57.5 Å². The van der Waals surface area contributed by atoms with Crippen molar-refractivity contribution in [3.8, 4) is 0 Å². The maximum Gasteiger partial charge on any atom is 0.303 e. The lowest BCUT2D eigenvalue weighted by molar-refractivity contribution is -0.164. The summed E-state index contributed by atoms with van der Waals surface area (Å²) >= 11 is 0. The van der Waals surface area contributed by atoms with E-state index in [1.54, 1.807) is 61.5 Å². The normalized spacial score (nSPS) is 27.1. The minimum atomic E-state index is -1.63. The number of likely N-dealkylation sites (N-methyl/N-ethyl adjacent to an activating group) is 7. The van der Waals surface area contributed by atoms with E-state index in [-0.39, 0.29) is 56.5 Å². The van der Waals surface area contributed by atoms with Gasteiger partial charge in [0.2, 0.25) is 65.0 Å². The number of carbonyl (C=O) groups excluding carboxylic acids is 12. The molecule has 514 valence electrons. The predicted molar refractivity (Wildman–Crippen MR) is 344 cm³/mol. The van der Waals surface area contributed by atoms with E-state index in [1.165, 1.54) is 109 Å². The molecule has 11 amide bonds. The van der Waals surface area contributed by atoms with E-state index < -0.39 is 167 Å². The third-order valence-electron chi connectivity index (χ3n) is 17.0. The Labute approximate surface area is 537 Å². The van der Waals surface area contributed by atoms with Gasteiger partial charge in [-0.15, -0.1) is 0 Å². The van der Waals surface area contributed by atoms with E-state index in [1.807, 2.05) is 47.6 Å². The van der Waals surface area contributed by atoms with Gasteiger partial charge in [-0.25, -0.2) is 0 Å². The highest BCUT2D eigenvalue weighted by Crippen LogP contribution is 2.27. The van der Waals surface area contributed by atoms with Crippen LogP contribution in [0.15, 0.2) is 12.2 Å². The van der Waals surface area contributed by atoms with Crippen LogP contribution < -0.4 is 21.3 Å². The zero-order valence-electron chi connectivity index (χ0n) is 59.2. The van der Waals surface area contributed by atoms with Gasteiger partial charge in [0.1, 0.15) is 72.6 Å². The van der Waals surface area contributed by atoms with Crippen molar-refractivity contribution >= 4 is 70.9 Å². The molecule has 0 spiro atoms. The van der Waals surface area contributed by atoms with Crippen molar-refractivity contribution in [2.24, 2.45) is 41.4 Å². The molecule has 90 heavy (non-hydrogen) atoms. The fourth-order valence-electron chi connectivity index (χ4n) is 11.5. The highest BCUT2D eigenvalue weighted by Gasteiger charge is 2.47. The quantitative estimate of drug-likeness (QED) is 0.120. The lowest BCUT2D eigenvalue weighted by Crippen LogP contribution is -2.64. The lowest BCUT2D eigenvalue weighted by atomic mass is 9.91. The van der Waals surface area contributed by atoms with Gasteiger partial charge in [-0.2, -0.15) is 0 Å². The third kappa shape index (κ3) is 22.0. The first-order valence-electron chi connectivity index (χ1n) is 31.9. The number of nitrogens with zero attached hydrogens (tertiary/aromatic N) is 7. The molecular formula is C65H115N11O14. The number of ether oxygens (including phenoxy) is 2. The Kier molecular flexibility index (Phi) is 33.4. The topological polar surface area (TPSA) is 294 Å². The summed E-state index contributed by atoms with van der Waals surface area (Å²) in [5, 5.41) is 11.0.